The van der Waals surface area contributed by atoms with Gasteiger partial charge >= 0.3 is 0 Å². The molecule has 3 heteroatoms. The van der Waals surface area contributed by atoms with E-state index in [1.54, 1.807) is 0 Å². The summed E-state index contributed by atoms with van der Waals surface area (Å²) in [7, 11) is 0. The molecule has 2 aromatic rings. The molecule has 0 radical (unpaired) electrons. The number of halogens is 1. The minimum Gasteiger partial charge on any atom is -0.305 e. The summed E-state index contributed by atoms with van der Waals surface area (Å²) in [6, 6.07) is 10.6. The lowest BCUT2D eigenvalue weighted by Gasteiger charge is -2.25. The molecular formula is C13H12ClNS. The van der Waals surface area contributed by atoms with Gasteiger partial charge in [0.2, 0.25) is 0 Å². The lowest BCUT2D eigenvalue weighted by Crippen LogP contribution is -2.29. The Kier molecular flexibility index (Phi) is 2.72. The number of hydrogen-bond donors (Lipinski definition) is 1. The Bertz CT molecular complexity index is 506. The molecule has 1 aromatic carbocycles. The Morgan fingerprint density at radius 3 is 3.00 bits per heavy atom. The maximum absolute atomic E-state index is 6.26. The van der Waals surface area contributed by atoms with Gasteiger partial charge in [0.25, 0.3) is 0 Å². The summed E-state index contributed by atoms with van der Waals surface area (Å²) in [6.07, 6.45) is 1.12. The molecule has 1 aliphatic rings. The van der Waals surface area contributed by atoms with Gasteiger partial charge in [-0.25, -0.2) is 0 Å². The molecule has 0 fully saturated rings. The summed E-state index contributed by atoms with van der Waals surface area (Å²) in [6.45, 7) is 1.03. The maximum Gasteiger partial charge on any atom is 0.0688 e. The Morgan fingerprint density at radius 1 is 1.25 bits per heavy atom. The predicted molar refractivity (Wildman–Crippen MR) is 69.3 cm³/mol. The van der Waals surface area contributed by atoms with E-state index in [1.807, 2.05) is 29.5 Å². The number of benzene rings is 1. The first-order valence-electron chi connectivity index (χ1n) is 5.40. The number of nitrogens with one attached hydrogen (secondary N) is 1. The molecule has 2 heterocycles. The minimum absolute atomic E-state index is 0.275. The second kappa shape index (κ2) is 4.21. The van der Waals surface area contributed by atoms with Gasteiger partial charge in [0.15, 0.2) is 0 Å². The number of hydrogen-bond acceptors (Lipinski definition) is 2. The summed E-state index contributed by atoms with van der Waals surface area (Å²) in [5, 5.41) is 6.56. The summed E-state index contributed by atoms with van der Waals surface area (Å²) < 4.78 is 0. The first-order valence-corrected chi connectivity index (χ1v) is 6.66. The van der Waals surface area contributed by atoms with Gasteiger partial charge in [0.05, 0.1) is 6.04 Å². The smallest absolute Gasteiger partial charge is 0.0688 e. The summed E-state index contributed by atoms with van der Waals surface area (Å²) >= 11 is 8.07. The van der Waals surface area contributed by atoms with Crippen LogP contribution < -0.4 is 5.32 Å². The highest BCUT2D eigenvalue weighted by Crippen LogP contribution is 2.35. The van der Waals surface area contributed by atoms with Gasteiger partial charge in [-0.05, 0) is 35.1 Å². The van der Waals surface area contributed by atoms with E-state index in [4.69, 9.17) is 11.6 Å². The number of rotatable bonds is 1. The van der Waals surface area contributed by atoms with Crippen LogP contribution in [-0.4, -0.2) is 6.54 Å². The molecule has 0 saturated carbocycles. The lowest BCUT2D eigenvalue weighted by molar-refractivity contribution is 0.578. The average molecular weight is 250 g/mol. The lowest BCUT2D eigenvalue weighted by atomic mass is 9.98. The second-order valence-corrected chi connectivity index (χ2v) is 5.32. The van der Waals surface area contributed by atoms with Gasteiger partial charge in [0.1, 0.15) is 0 Å². The largest absolute Gasteiger partial charge is 0.305 e. The monoisotopic (exact) mass is 249 g/mol. The molecule has 16 heavy (non-hydrogen) atoms. The zero-order valence-electron chi connectivity index (χ0n) is 8.74. The fourth-order valence-electron chi connectivity index (χ4n) is 2.21. The Hall–Kier alpha value is -0.830. The van der Waals surface area contributed by atoms with Crippen molar-refractivity contribution in [3.8, 4) is 0 Å². The SMILES string of the molecule is Clc1ccccc1C1NCCc2ccsc21. The first-order chi connectivity index (χ1) is 7.86. The molecule has 1 N–H and O–H groups in total. The standard InChI is InChI=1S/C13H12ClNS/c14-11-4-2-1-3-10(11)12-13-9(5-7-15-12)6-8-16-13/h1-4,6,8,12,15H,5,7H2. The van der Waals surface area contributed by atoms with Crippen LogP contribution in [0.3, 0.4) is 0 Å². The van der Waals surface area contributed by atoms with Crippen LogP contribution in [-0.2, 0) is 6.42 Å². The first kappa shape index (κ1) is 10.3. The van der Waals surface area contributed by atoms with E-state index in [-0.39, 0.29) is 6.04 Å². The number of thiophene rings is 1. The predicted octanol–water partition coefficient (Wildman–Crippen LogP) is 3.64. The molecule has 0 saturated heterocycles. The van der Waals surface area contributed by atoms with Gasteiger partial charge in [-0.2, -0.15) is 0 Å². The minimum atomic E-state index is 0.275. The molecule has 1 unspecified atom stereocenters. The van der Waals surface area contributed by atoms with Crippen LogP contribution in [0.4, 0.5) is 0 Å². The van der Waals surface area contributed by atoms with Crippen LogP contribution in [0, 0.1) is 0 Å². The van der Waals surface area contributed by atoms with E-state index < -0.39 is 0 Å². The van der Waals surface area contributed by atoms with Crippen molar-refractivity contribution in [1.29, 1.82) is 0 Å². The highest BCUT2D eigenvalue weighted by atomic mass is 35.5. The summed E-state index contributed by atoms with van der Waals surface area (Å²) in [4.78, 5) is 1.42. The third kappa shape index (κ3) is 1.67. The van der Waals surface area contributed by atoms with Crippen LogP contribution in [0.25, 0.3) is 0 Å². The Morgan fingerprint density at radius 2 is 2.12 bits per heavy atom. The second-order valence-electron chi connectivity index (χ2n) is 3.97. The fraction of sp³-hybridized carbons (Fsp3) is 0.231. The topological polar surface area (TPSA) is 12.0 Å². The van der Waals surface area contributed by atoms with Gasteiger partial charge in [0, 0.05) is 16.4 Å². The quantitative estimate of drug-likeness (QED) is 0.814. The molecule has 0 aliphatic carbocycles. The van der Waals surface area contributed by atoms with Crippen molar-refractivity contribution < 1.29 is 0 Å². The number of fused-ring (bicyclic) bond motifs is 1. The maximum atomic E-state index is 6.26. The molecule has 1 aliphatic heterocycles. The molecular weight excluding hydrogens is 238 g/mol. The van der Waals surface area contributed by atoms with Gasteiger partial charge in [-0.15, -0.1) is 11.3 Å². The van der Waals surface area contributed by atoms with E-state index in [1.165, 1.54) is 16.0 Å². The fourth-order valence-corrected chi connectivity index (χ4v) is 3.50. The van der Waals surface area contributed by atoms with Gasteiger partial charge in [-0.1, -0.05) is 29.8 Å². The van der Waals surface area contributed by atoms with Crippen molar-refractivity contribution in [2.24, 2.45) is 0 Å². The van der Waals surface area contributed by atoms with Crippen molar-refractivity contribution in [3.63, 3.8) is 0 Å². The average Bonchev–Trinajstić information content (AvgIpc) is 2.77. The van der Waals surface area contributed by atoms with Crippen LogP contribution in [0.1, 0.15) is 22.0 Å². The molecule has 0 amide bonds. The van der Waals surface area contributed by atoms with Crippen molar-refractivity contribution in [3.05, 3.63) is 56.7 Å². The molecule has 0 bridgehead atoms. The molecule has 3 rings (SSSR count). The highest BCUT2D eigenvalue weighted by molar-refractivity contribution is 7.10. The summed E-state index contributed by atoms with van der Waals surface area (Å²) in [5.74, 6) is 0. The van der Waals surface area contributed by atoms with Crippen molar-refractivity contribution >= 4 is 22.9 Å². The third-order valence-corrected chi connectivity index (χ3v) is 4.37. The van der Waals surface area contributed by atoms with Crippen molar-refractivity contribution in [2.45, 2.75) is 12.5 Å². The zero-order chi connectivity index (χ0) is 11.0. The van der Waals surface area contributed by atoms with Crippen LogP contribution >= 0.6 is 22.9 Å². The van der Waals surface area contributed by atoms with E-state index in [9.17, 15) is 0 Å². The van der Waals surface area contributed by atoms with Gasteiger partial charge in [-0.3, -0.25) is 0 Å². The van der Waals surface area contributed by atoms with Crippen molar-refractivity contribution in [2.75, 3.05) is 6.54 Å². The van der Waals surface area contributed by atoms with Gasteiger partial charge < -0.3 is 5.32 Å². The van der Waals surface area contributed by atoms with E-state index >= 15 is 0 Å². The van der Waals surface area contributed by atoms with Crippen molar-refractivity contribution in [1.82, 2.24) is 5.32 Å². The zero-order valence-corrected chi connectivity index (χ0v) is 10.3. The van der Waals surface area contributed by atoms with E-state index in [0.717, 1.165) is 18.0 Å². The van der Waals surface area contributed by atoms with E-state index in [0.29, 0.717) is 0 Å². The molecule has 1 nitrogen and oxygen atoms in total. The third-order valence-electron chi connectivity index (χ3n) is 3.00. The molecule has 1 atom stereocenters. The molecule has 0 spiro atoms. The van der Waals surface area contributed by atoms with Crippen LogP contribution in [0.2, 0.25) is 5.02 Å². The molecule has 1 aromatic heterocycles. The normalized spacial score (nSPS) is 19.4. The Labute approximate surface area is 104 Å². The highest BCUT2D eigenvalue weighted by Gasteiger charge is 2.23. The summed E-state index contributed by atoms with van der Waals surface area (Å²) in [5.41, 5.74) is 2.65. The van der Waals surface area contributed by atoms with E-state index in [2.05, 4.69) is 22.8 Å². The molecule has 82 valence electrons. The van der Waals surface area contributed by atoms with Crippen LogP contribution in [0.15, 0.2) is 35.7 Å². The van der Waals surface area contributed by atoms with Crippen LogP contribution in [0.5, 0.6) is 0 Å². The Balaban J connectivity index is 2.08.